The minimum absolute atomic E-state index is 0.0716. The van der Waals surface area contributed by atoms with E-state index in [-0.39, 0.29) is 5.91 Å². The van der Waals surface area contributed by atoms with E-state index in [1.165, 1.54) is 29.9 Å². The number of nitrogens with zero attached hydrogens (tertiary/aromatic N) is 3. The third kappa shape index (κ3) is 4.17. The second-order valence-electron chi connectivity index (χ2n) is 8.05. The number of carbonyl (C=O) groups is 1. The fourth-order valence-corrected chi connectivity index (χ4v) is 6.10. The van der Waals surface area contributed by atoms with Gasteiger partial charge in [-0.05, 0) is 49.1 Å². The number of anilines is 3. The highest BCUT2D eigenvalue weighted by Gasteiger charge is 2.19. The summed E-state index contributed by atoms with van der Waals surface area (Å²) in [6.45, 7) is 7.79. The average Bonchev–Trinajstić information content (AvgIpc) is 3.35. The van der Waals surface area contributed by atoms with Gasteiger partial charge in [-0.1, -0.05) is 18.3 Å². The molecule has 8 heteroatoms. The number of carbonyl (C=O) groups excluding carboxylic acids is 1. The van der Waals surface area contributed by atoms with E-state index in [1.807, 2.05) is 18.2 Å². The summed E-state index contributed by atoms with van der Waals surface area (Å²) in [5, 5.41) is 4.05. The van der Waals surface area contributed by atoms with E-state index in [2.05, 4.69) is 34.2 Å². The van der Waals surface area contributed by atoms with E-state index in [4.69, 9.17) is 9.72 Å². The van der Waals surface area contributed by atoms with E-state index in [0.717, 1.165) is 65.7 Å². The zero-order valence-electron chi connectivity index (χ0n) is 17.1. The third-order valence-electron chi connectivity index (χ3n) is 5.86. The van der Waals surface area contributed by atoms with Crippen molar-refractivity contribution in [1.82, 2.24) is 4.98 Å². The molecule has 0 radical (unpaired) electrons. The number of aromatic nitrogens is 1. The van der Waals surface area contributed by atoms with Crippen LogP contribution in [0, 0.1) is 5.92 Å². The molecule has 30 heavy (non-hydrogen) atoms. The number of ether oxygens (including phenoxy) is 1. The largest absolute Gasteiger partial charge is 0.378 e. The molecule has 2 fully saturated rings. The molecule has 0 aliphatic carbocycles. The maximum Gasteiger partial charge on any atom is 0.265 e. The quantitative estimate of drug-likeness (QED) is 0.636. The van der Waals surface area contributed by atoms with Crippen LogP contribution in [-0.2, 0) is 4.74 Å². The molecule has 1 amide bonds. The summed E-state index contributed by atoms with van der Waals surface area (Å²) in [7, 11) is 0. The van der Waals surface area contributed by atoms with Gasteiger partial charge in [0.05, 0.1) is 22.8 Å². The summed E-state index contributed by atoms with van der Waals surface area (Å²) in [6.07, 6.45) is 2.49. The Hall–Kier alpha value is -2.16. The molecule has 0 saturated carbocycles. The van der Waals surface area contributed by atoms with Gasteiger partial charge in [0.15, 0.2) is 5.13 Å². The number of amides is 1. The predicted octanol–water partition coefficient (Wildman–Crippen LogP) is 4.68. The summed E-state index contributed by atoms with van der Waals surface area (Å²) >= 11 is 3.11. The molecule has 0 bridgehead atoms. The minimum Gasteiger partial charge on any atom is -0.378 e. The van der Waals surface area contributed by atoms with Crippen LogP contribution in [0.5, 0.6) is 0 Å². The molecule has 2 aliphatic heterocycles. The van der Waals surface area contributed by atoms with Crippen molar-refractivity contribution in [3.05, 3.63) is 35.2 Å². The van der Waals surface area contributed by atoms with Crippen molar-refractivity contribution in [1.29, 1.82) is 0 Å². The Kier molecular flexibility index (Phi) is 5.62. The van der Waals surface area contributed by atoms with Gasteiger partial charge in [-0.15, -0.1) is 11.3 Å². The van der Waals surface area contributed by atoms with E-state index in [9.17, 15) is 4.79 Å². The smallest absolute Gasteiger partial charge is 0.265 e. The van der Waals surface area contributed by atoms with E-state index >= 15 is 0 Å². The van der Waals surface area contributed by atoms with Crippen molar-refractivity contribution in [3.63, 3.8) is 0 Å². The summed E-state index contributed by atoms with van der Waals surface area (Å²) in [5.41, 5.74) is 2.06. The number of thiazole rings is 1. The van der Waals surface area contributed by atoms with Gasteiger partial charge in [-0.25, -0.2) is 4.98 Å². The molecule has 2 saturated heterocycles. The van der Waals surface area contributed by atoms with Crippen molar-refractivity contribution in [2.75, 3.05) is 54.5 Å². The maximum absolute atomic E-state index is 12.7. The van der Waals surface area contributed by atoms with Crippen LogP contribution in [0.1, 0.15) is 29.4 Å². The second-order valence-corrected chi connectivity index (χ2v) is 10.1. The molecular formula is C22H26N4O2S2. The fourth-order valence-electron chi connectivity index (χ4n) is 3.94. The average molecular weight is 443 g/mol. The Balaban J connectivity index is 1.23. The Labute approximate surface area is 184 Å². The number of hydrogen-bond donors (Lipinski definition) is 1. The van der Waals surface area contributed by atoms with Gasteiger partial charge in [-0.3, -0.25) is 4.79 Å². The van der Waals surface area contributed by atoms with Gasteiger partial charge in [0.1, 0.15) is 4.83 Å². The number of piperidine rings is 1. The zero-order valence-corrected chi connectivity index (χ0v) is 18.7. The summed E-state index contributed by atoms with van der Waals surface area (Å²) in [4.78, 5) is 23.8. The van der Waals surface area contributed by atoms with Crippen LogP contribution in [0.15, 0.2) is 30.3 Å². The Morgan fingerprint density at radius 3 is 2.50 bits per heavy atom. The highest BCUT2D eigenvalue weighted by Crippen LogP contribution is 2.35. The molecule has 2 aliphatic rings. The van der Waals surface area contributed by atoms with E-state index in [1.54, 1.807) is 11.3 Å². The number of thiophene rings is 1. The lowest BCUT2D eigenvalue weighted by Gasteiger charge is -2.32. The molecule has 6 nitrogen and oxygen atoms in total. The Bertz CT molecular complexity index is 984. The van der Waals surface area contributed by atoms with Crippen molar-refractivity contribution < 1.29 is 9.53 Å². The van der Waals surface area contributed by atoms with Crippen LogP contribution in [0.4, 0.5) is 16.5 Å². The minimum atomic E-state index is -0.0716. The summed E-state index contributed by atoms with van der Waals surface area (Å²) in [6, 6.07) is 10.2. The first-order valence-corrected chi connectivity index (χ1v) is 12.2. The van der Waals surface area contributed by atoms with Gasteiger partial charge in [0.2, 0.25) is 0 Å². The van der Waals surface area contributed by atoms with Crippen LogP contribution < -0.4 is 15.1 Å². The predicted molar refractivity (Wildman–Crippen MR) is 126 cm³/mol. The lowest BCUT2D eigenvalue weighted by molar-refractivity contribution is 0.103. The van der Waals surface area contributed by atoms with Crippen molar-refractivity contribution in [2.24, 2.45) is 5.92 Å². The van der Waals surface area contributed by atoms with Crippen LogP contribution in [0.2, 0.25) is 0 Å². The molecule has 2 aromatic heterocycles. The van der Waals surface area contributed by atoms with Crippen LogP contribution in [0.25, 0.3) is 9.53 Å². The molecule has 0 spiro atoms. The fraction of sp³-hybridized carbons (Fsp3) is 0.455. The standard InChI is InChI=1S/C22H26N4O2S2/c1-15-6-8-25(9-7-15)17-4-2-16(3-5-17)23-20(27)18-14-19-21(29-18)24-22(30-19)26-10-12-28-13-11-26/h2-5,14-15H,6-13H2,1H3,(H,23,27). The number of fused-ring (bicyclic) bond motifs is 1. The van der Waals surface area contributed by atoms with E-state index in [0.29, 0.717) is 4.88 Å². The summed E-state index contributed by atoms with van der Waals surface area (Å²) in [5.74, 6) is 0.748. The molecule has 0 unspecified atom stereocenters. The van der Waals surface area contributed by atoms with Crippen molar-refractivity contribution in [3.8, 4) is 0 Å². The lowest BCUT2D eigenvalue weighted by Crippen LogP contribution is -2.36. The Morgan fingerprint density at radius 2 is 1.80 bits per heavy atom. The monoisotopic (exact) mass is 442 g/mol. The molecule has 158 valence electrons. The Morgan fingerprint density at radius 1 is 1.07 bits per heavy atom. The van der Waals surface area contributed by atoms with Crippen LogP contribution >= 0.6 is 22.7 Å². The third-order valence-corrected chi connectivity index (χ3v) is 8.08. The van der Waals surface area contributed by atoms with Crippen LogP contribution in [-0.4, -0.2) is 50.3 Å². The van der Waals surface area contributed by atoms with Gasteiger partial charge in [-0.2, -0.15) is 0 Å². The lowest BCUT2D eigenvalue weighted by atomic mass is 9.99. The van der Waals surface area contributed by atoms with Gasteiger partial charge in [0, 0.05) is 37.6 Å². The first-order valence-electron chi connectivity index (χ1n) is 10.5. The molecule has 1 aromatic carbocycles. The van der Waals surface area contributed by atoms with Gasteiger partial charge in [0.25, 0.3) is 5.91 Å². The number of nitrogens with one attached hydrogen (secondary N) is 1. The van der Waals surface area contributed by atoms with Gasteiger partial charge >= 0.3 is 0 Å². The molecule has 0 atom stereocenters. The highest BCUT2D eigenvalue weighted by molar-refractivity contribution is 7.29. The number of rotatable bonds is 4. The number of morpholine rings is 1. The molecular weight excluding hydrogens is 416 g/mol. The SMILES string of the molecule is CC1CCN(c2ccc(NC(=O)c3cc4sc(N5CCOCC5)nc4s3)cc2)CC1. The van der Waals surface area contributed by atoms with Crippen molar-refractivity contribution >= 4 is 54.6 Å². The molecule has 3 aromatic rings. The van der Waals surface area contributed by atoms with Crippen molar-refractivity contribution in [2.45, 2.75) is 19.8 Å². The topological polar surface area (TPSA) is 57.7 Å². The molecule has 4 heterocycles. The molecule has 1 N–H and O–H groups in total. The van der Waals surface area contributed by atoms with E-state index < -0.39 is 0 Å². The maximum atomic E-state index is 12.7. The second kappa shape index (κ2) is 8.53. The highest BCUT2D eigenvalue weighted by atomic mass is 32.1. The first-order chi connectivity index (χ1) is 14.7. The van der Waals surface area contributed by atoms with Crippen LogP contribution in [0.3, 0.4) is 0 Å². The molecule has 5 rings (SSSR count). The normalized spacial score (nSPS) is 18.2. The number of hydrogen-bond acceptors (Lipinski definition) is 7. The van der Waals surface area contributed by atoms with Gasteiger partial charge < -0.3 is 19.9 Å². The summed E-state index contributed by atoms with van der Waals surface area (Å²) < 4.78 is 6.48. The zero-order chi connectivity index (χ0) is 20.5. The first kappa shape index (κ1) is 19.8. The number of benzene rings is 1.